The van der Waals surface area contributed by atoms with Gasteiger partial charge in [0.25, 0.3) is 0 Å². The van der Waals surface area contributed by atoms with Gasteiger partial charge in [0.15, 0.2) is 11.5 Å². The van der Waals surface area contributed by atoms with Crippen molar-refractivity contribution < 1.29 is 14.2 Å². The predicted molar refractivity (Wildman–Crippen MR) is 57.0 cm³/mol. The highest BCUT2D eigenvalue weighted by molar-refractivity contribution is 6.31. The summed E-state index contributed by atoms with van der Waals surface area (Å²) >= 11 is 5.77. The van der Waals surface area contributed by atoms with Gasteiger partial charge in [0, 0.05) is 17.7 Å². The maximum atomic E-state index is 13.2. The summed E-state index contributed by atoms with van der Waals surface area (Å²) in [7, 11) is 1.38. The molecule has 0 radical (unpaired) electrons. The van der Waals surface area contributed by atoms with Crippen LogP contribution in [0, 0.1) is 5.82 Å². The van der Waals surface area contributed by atoms with Gasteiger partial charge in [0.05, 0.1) is 12.1 Å². The normalized spacial score (nSPS) is 12.6. The molecule has 0 fully saturated rings. The Morgan fingerprint density at radius 2 is 2.27 bits per heavy atom. The first-order valence-corrected chi connectivity index (χ1v) is 4.84. The maximum Gasteiger partial charge on any atom is 0.165 e. The quantitative estimate of drug-likeness (QED) is 0.841. The number of ether oxygens (including phenoxy) is 1. The zero-order chi connectivity index (χ0) is 11.6. The number of phenolic OH excluding ortho intramolecular Hbond substituents is 1. The van der Waals surface area contributed by atoms with Crippen LogP contribution in [0.1, 0.15) is 12.5 Å². The van der Waals surface area contributed by atoms with E-state index in [1.54, 1.807) is 6.92 Å². The van der Waals surface area contributed by atoms with Crippen molar-refractivity contribution in [2.45, 2.75) is 19.4 Å². The molecule has 0 heterocycles. The summed E-state index contributed by atoms with van der Waals surface area (Å²) in [5.41, 5.74) is 5.99. The molecule has 0 aliphatic heterocycles. The highest BCUT2D eigenvalue weighted by Gasteiger charge is 2.18. The molecule has 3 nitrogen and oxygen atoms in total. The lowest BCUT2D eigenvalue weighted by atomic mass is 10.1. The highest BCUT2D eigenvalue weighted by Crippen LogP contribution is 2.37. The molecule has 1 aromatic rings. The van der Waals surface area contributed by atoms with E-state index >= 15 is 0 Å². The summed E-state index contributed by atoms with van der Waals surface area (Å²) in [5.74, 6) is -0.764. The fourth-order valence-electron chi connectivity index (χ4n) is 1.38. The average molecular weight is 234 g/mol. The van der Waals surface area contributed by atoms with Crippen molar-refractivity contribution in [3.05, 3.63) is 22.5 Å². The Balaban J connectivity index is 3.30. The van der Waals surface area contributed by atoms with Gasteiger partial charge in [-0.2, -0.15) is 0 Å². The van der Waals surface area contributed by atoms with Crippen LogP contribution in [-0.4, -0.2) is 18.3 Å². The van der Waals surface area contributed by atoms with Crippen LogP contribution in [0.2, 0.25) is 5.02 Å². The van der Waals surface area contributed by atoms with E-state index in [-0.39, 0.29) is 22.6 Å². The number of aromatic hydroxyl groups is 1. The molecule has 1 unspecified atom stereocenters. The summed E-state index contributed by atoms with van der Waals surface area (Å²) in [6, 6.07) is 0.726. The van der Waals surface area contributed by atoms with Gasteiger partial charge < -0.3 is 15.6 Å². The van der Waals surface area contributed by atoms with E-state index in [0.717, 1.165) is 6.07 Å². The van der Waals surface area contributed by atoms with Crippen LogP contribution in [0.4, 0.5) is 4.39 Å². The van der Waals surface area contributed by atoms with Gasteiger partial charge in [-0.3, -0.25) is 0 Å². The number of rotatable bonds is 3. The Kier molecular flexibility index (Phi) is 3.77. The third kappa shape index (κ3) is 2.52. The molecule has 0 amide bonds. The molecular formula is C10H13ClFNO2. The highest BCUT2D eigenvalue weighted by atomic mass is 35.5. The molecule has 0 aliphatic rings. The van der Waals surface area contributed by atoms with Crippen molar-refractivity contribution in [2.24, 2.45) is 5.73 Å². The molecule has 0 saturated heterocycles. The van der Waals surface area contributed by atoms with E-state index in [2.05, 4.69) is 0 Å². The van der Waals surface area contributed by atoms with E-state index in [1.165, 1.54) is 7.11 Å². The van der Waals surface area contributed by atoms with Gasteiger partial charge in [-0.15, -0.1) is 0 Å². The fourth-order valence-corrected chi connectivity index (χ4v) is 1.60. The van der Waals surface area contributed by atoms with E-state index in [4.69, 9.17) is 22.1 Å². The van der Waals surface area contributed by atoms with Crippen LogP contribution >= 0.6 is 11.6 Å². The van der Waals surface area contributed by atoms with Gasteiger partial charge in [0.2, 0.25) is 0 Å². The number of methoxy groups -OCH3 is 1. The van der Waals surface area contributed by atoms with Crippen LogP contribution in [0.15, 0.2) is 6.07 Å². The Morgan fingerprint density at radius 1 is 1.67 bits per heavy atom. The van der Waals surface area contributed by atoms with Crippen LogP contribution in [0.25, 0.3) is 0 Å². The molecule has 0 spiro atoms. The number of hydrogen-bond acceptors (Lipinski definition) is 3. The molecule has 0 bridgehead atoms. The van der Waals surface area contributed by atoms with Gasteiger partial charge in [-0.05, 0) is 13.3 Å². The van der Waals surface area contributed by atoms with Crippen molar-refractivity contribution in [3.63, 3.8) is 0 Å². The lowest BCUT2D eigenvalue weighted by Gasteiger charge is -2.14. The van der Waals surface area contributed by atoms with Crippen molar-refractivity contribution in [1.82, 2.24) is 0 Å². The van der Waals surface area contributed by atoms with E-state index in [1.807, 2.05) is 0 Å². The minimum Gasteiger partial charge on any atom is -0.504 e. The maximum absolute atomic E-state index is 13.2. The number of hydrogen-bond donors (Lipinski definition) is 2. The predicted octanol–water partition coefficient (Wildman–Crippen LogP) is 2.08. The molecular weight excluding hydrogens is 221 g/mol. The van der Waals surface area contributed by atoms with E-state index in [0.29, 0.717) is 12.0 Å². The van der Waals surface area contributed by atoms with Gasteiger partial charge in [-0.1, -0.05) is 11.6 Å². The third-order valence-electron chi connectivity index (χ3n) is 1.98. The van der Waals surface area contributed by atoms with Crippen LogP contribution in [0.3, 0.4) is 0 Å². The summed E-state index contributed by atoms with van der Waals surface area (Å²) in [6.45, 7) is 1.76. The second kappa shape index (κ2) is 4.68. The summed E-state index contributed by atoms with van der Waals surface area (Å²) < 4.78 is 18.2. The second-order valence-corrected chi connectivity index (χ2v) is 3.76. The molecule has 1 atom stereocenters. The van der Waals surface area contributed by atoms with E-state index in [9.17, 15) is 9.50 Å². The molecule has 1 aromatic carbocycles. The lowest BCUT2D eigenvalue weighted by molar-refractivity contribution is 0.365. The molecule has 0 aliphatic carbocycles. The molecule has 84 valence electrons. The first kappa shape index (κ1) is 12.1. The Hall–Kier alpha value is -1.00. The number of benzene rings is 1. The first-order valence-electron chi connectivity index (χ1n) is 4.46. The van der Waals surface area contributed by atoms with Crippen LogP contribution < -0.4 is 10.5 Å². The lowest BCUT2D eigenvalue weighted by Crippen LogP contribution is -2.18. The average Bonchev–Trinajstić information content (AvgIpc) is 2.13. The van der Waals surface area contributed by atoms with Crippen molar-refractivity contribution in [2.75, 3.05) is 7.11 Å². The largest absolute Gasteiger partial charge is 0.504 e. The van der Waals surface area contributed by atoms with Crippen molar-refractivity contribution in [1.29, 1.82) is 0 Å². The molecule has 5 heteroatoms. The number of halogens is 2. The van der Waals surface area contributed by atoms with Crippen LogP contribution in [-0.2, 0) is 6.42 Å². The topological polar surface area (TPSA) is 55.5 Å². The minimum absolute atomic E-state index is 0.0537. The number of phenols is 1. The molecule has 3 N–H and O–H groups in total. The summed E-state index contributed by atoms with van der Waals surface area (Å²) in [5, 5.41) is 9.39. The smallest absolute Gasteiger partial charge is 0.165 e. The van der Waals surface area contributed by atoms with Crippen molar-refractivity contribution >= 4 is 11.6 Å². The zero-order valence-corrected chi connectivity index (χ0v) is 9.31. The van der Waals surface area contributed by atoms with Gasteiger partial charge >= 0.3 is 0 Å². The SMILES string of the molecule is COc1c(O)cc(F)c(Cl)c1CC(C)N. The molecule has 0 aromatic heterocycles. The Labute approximate surface area is 92.6 Å². The molecule has 1 rings (SSSR count). The Bertz CT molecular complexity index is 369. The fraction of sp³-hybridized carbons (Fsp3) is 0.400. The van der Waals surface area contributed by atoms with Crippen LogP contribution in [0.5, 0.6) is 11.5 Å². The molecule has 0 saturated carbocycles. The Morgan fingerprint density at radius 3 is 2.73 bits per heavy atom. The minimum atomic E-state index is -0.675. The van der Waals surface area contributed by atoms with Crippen molar-refractivity contribution in [3.8, 4) is 11.5 Å². The summed E-state index contributed by atoms with van der Waals surface area (Å²) in [4.78, 5) is 0. The standard InChI is InChI=1S/C10H13ClFNO2/c1-5(13)3-6-9(11)7(12)4-8(14)10(6)15-2/h4-5,14H,3,13H2,1-2H3. The zero-order valence-electron chi connectivity index (χ0n) is 8.55. The second-order valence-electron chi connectivity index (χ2n) is 3.38. The molecule has 15 heavy (non-hydrogen) atoms. The number of nitrogens with two attached hydrogens (primary N) is 1. The first-order chi connectivity index (χ1) is 6.97. The third-order valence-corrected chi connectivity index (χ3v) is 2.38. The van der Waals surface area contributed by atoms with Gasteiger partial charge in [0.1, 0.15) is 5.82 Å². The summed E-state index contributed by atoms with van der Waals surface area (Å²) in [6.07, 6.45) is 0.341. The van der Waals surface area contributed by atoms with Gasteiger partial charge in [-0.25, -0.2) is 4.39 Å². The monoisotopic (exact) mass is 233 g/mol. The van der Waals surface area contributed by atoms with E-state index < -0.39 is 5.82 Å².